The number of amides is 1. The van der Waals surface area contributed by atoms with Crippen LogP contribution in [0.5, 0.6) is 5.75 Å². The zero-order valence-electron chi connectivity index (χ0n) is 14.8. The van der Waals surface area contributed by atoms with Crippen molar-refractivity contribution < 1.29 is 14.3 Å². The predicted molar refractivity (Wildman–Crippen MR) is 101 cm³/mol. The van der Waals surface area contributed by atoms with Crippen molar-refractivity contribution in [2.24, 2.45) is 16.0 Å². The first kappa shape index (κ1) is 19.9. The van der Waals surface area contributed by atoms with E-state index in [-0.39, 0.29) is 37.0 Å². The molecule has 10 heteroatoms. The second-order valence-corrected chi connectivity index (χ2v) is 5.36. The molecule has 0 aliphatic heterocycles. The van der Waals surface area contributed by atoms with Crippen LogP contribution in [-0.4, -0.2) is 37.0 Å². The fourth-order valence-electron chi connectivity index (χ4n) is 1.99. The first-order valence-corrected chi connectivity index (χ1v) is 8.16. The maximum atomic E-state index is 11.6. The van der Waals surface area contributed by atoms with E-state index >= 15 is 0 Å². The van der Waals surface area contributed by atoms with Crippen LogP contribution in [0.25, 0.3) is 0 Å². The molecule has 1 aromatic carbocycles. The van der Waals surface area contributed by atoms with Crippen molar-refractivity contribution in [1.29, 1.82) is 0 Å². The highest BCUT2D eigenvalue weighted by atomic mass is 16.5. The van der Waals surface area contributed by atoms with E-state index in [2.05, 4.69) is 25.8 Å². The zero-order chi connectivity index (χ0) is 19.6. The van der Waals surface area contributed by atoms with E-state index in [4.69, 9.17) is 16.2 Å². The van der Waals surface area contributed by atoms with Gasteiger partial charge in [-0.15, -0.1) is 10.2 Å². The van der Waals surface area contributed by atoms with Crippen molar-refractivity contribution in [1.82, 2.24) is 10.3 Å². The smallest absolute Gasteiger partial charge is 0.312 e. The number of nitrogens with one attached hydrogen (secondary N) is 2. The van der Waals surface area contributed by atoms with Crippen LogP contribution in [0.1, 0.15) is 6.42 Å². The van der Waals surface area contributed by atoms with Gasteiger partial charge in [0.2, 0.25) is 5.91 Å². The molecule has 2 rings (SSSR count). The van der Waals surface area contributed by atoms with Gasteiger partial charge in [0, 0.05) is 6.54 Å². The summed E-state index contributed by atoms with van der Waals surface area (Å²) in [4.78, 5) is 27.2. The first-order chi connectivity index (χ1) is 13.0. The van der Waals surface area contributed by atoms with Crippen LogP contribution in [0.4, 0.5) is 23.0 Å². The molecule has 0 atom stereocenters. The van der Waals surface area contributed by atoms with E-state index in [9.17, 15) is 9.59 Å². The maximum absolute atomic E-state index is 11.6. The fraction of sp³-hybridized carbons (Fsp3) is 0.235. The minimum absolute atomic E-state index is 0.0959. The molecule has 0 unspecified atom stereocenters. The number of anilines is 2. The number of hydrogen-bond donors (Lipinski definition) is 4. The lowest BCUT2D eigenvalue weighted by Crippen LogP contribution is -2.25. The third kappa shape index (κ3) is 6.13. The van der Waals surface area contributed by atoms with Gasteiger partial charge in [-0.2, -0.15) is 0 Å². The SMILES string of the molecule is CNCC(=O)Nc1ccc(N=Nc2ccccc2OC(=O)CCN)c(N)n1. The molecule has 0 fully saturated rings. The van der Waals surface area contributed by atoms with Gasteiger partial charge in [0.1, 0.15) is 17.2 Å². The minimum Gasteiger partial charge on any atom is -0.424 e. The number of nitrogens with two attached hydrogens (primary N) is 2. The molecule has 0 saturated carbocycles. The Morgan fingerprint density at radius 1 is 1.15 bits per heavy atom. The molecular formula is C17H21N7O3. The summed E-state index contributed by atoms with van der Waals surface area (Å²) in [5.74, 6) is -0.0291. The second-order valence-electron chi connectivity index (χ2n) is 5.36. The number of nitrogen functional groups attached to an aromatic ring is 1. The van der Waals surface area contributed by atoms with E-state index < -0.39 is 5.97 Å². The lowest BCUT2D eigenvalue weighted by molar-refractivity contribution is -0.134. The molecule has 1 heterocycles. The molecule has 0 radical (unpaired) electrons. The van der Waals surface area contributed by atoms with Gasteiger partial charge in [-0.3, -0.25) is 9.59 Å². The van der Waals surface area contributed by atoms with Crippen LogP contribution in [0.15, 0.2) is 46.6 Å². The van der Waals surface area contributed by atoms with E-state index in [0.29, 0.717) is 17.2 Å². The van der Waals surface area contributed by atoms with Gasteiger partial charge in [0.25, 0.3) is 0 Å². The highest BCUT2D eigenvalue weighted by Crippen LogP contribution is 2.30. The van der Waals surface area contributed by atoms with E-state index in [1.165, 1.54) is 0 Å². The number of esters is 1. The Labute approximate surface area is 156 Å². The number of carbonyl (C=O) groups excluding carboxylic acids is 2. The average Bonchev–Trinajstić information content (AvgIpc) is 2.62. The van der Waals surface area contributed by atoms with Gasteiger partial charge < -0.3 is 26.8 Å². The van der Waals surface area contributed by atoms with E-state index in [0.717, 1.165) is 0 Å². The van der Waals surface area contributed by atoms with Crippen LogP contribution in [0.2, 0.25) is 0 Å². The Hall–Kier alpha value is -3.37. The number of pyridine rings is 1. The molecule has 2 aromatic rings. The number of para-hydroxylation sites is 1. The van der Waals surface area contributed by atoms with Crippen molar-refractivity contribution >= 4 is 34.9 Å². The summed E-state index contributed by atoms with van der Waals surface area (Å²) in [7, 11) is 1.66. The Kier molecular flexibility index (Phi) is 7.35. The largest absolute Gasteiger partial charge is 0.424 e. The Balaban J connectivity index is 2.14. The first-order valence-electron chi connectivity index (χ1n) is 8.16. The summed E-state index contributed by atoms with van der Waals surface area (Å²) in [5.41, 5.74) is 11.9. The van der Waals surface area contributed by atoms with Crippen molar-refractivity contribution in [3.63, 3.8) is 0 Å². The van der Waals surface area contributed by atoms with Crippen molar-refractivity contribution in [2.45, 2.75) is 6.42 Å². The zero-order valence-corrected chi connectivity index (χ0v) is 14.8. The molecule has 0 spiro atoms. The molecule has 6 N–H and O–H groups in total. The average molecular weight is 371 g/mol. The number of azo groups is 1. The second kappa shape index (κ2) is 9.94. The number of benzene rings is 1. The fourth-order valence-corrected chi connectivity index (χ4v) is 1.99. The van der Waals surface area contributed by atoms with E-state index in [1.807, 2.05) is 0 Å². The monoisotopic (exact) mass is 371 g/mol. The number of ether oxygens (including phenoxy) is 1. The highest BCUT2D eigenvalue weighted by molar-refractivity contribution is 5.91. The molecule has 142 valence electrons. The third-order valence-electron chi connectivity index (χ3n) is 3.21. The van der Waals surface area contributed by atoms with Gasteiger partial charge in [-0.25, -0.2) is 4.98 Å². The maximum Gasteiger partial charge on any atom is 0.312 e. The molecule has 0 bridgehead atoms. The summed E-state index contributed by atoms with van der Waals surface area (Å²) >= 11 is 0. The molecule has 0 aliphatic carbocycles. The predicted octanol–water partition coefficient (Wildman–Crippen LogP) is 1.49. The molecule has 0 aliphatic rings. The van der Waals surface area contributed by atoms with Gasteiger partial charge in [-0.1, -0.05) is 12.1 Å². The van der Waals surface area contributed by atoms with Gasteiger partial charge >= 0.3 is 5.97 Å². The van der Waals surface area contributed by atoms with Crippen LogP contribution in [0, 0.1) is 0 Å². The van der Waals surface area contributed by atoms with Crippen LogP contribution >= 0.6 is 0 Å². The van der Waals surface area contributed by atoms with Crippen molar-refractivity contribution in [3.05, 3.63) is 36.4 Å². The summed E-state index contributed by atoms with van der Waals surface area (Å²) in [6, 6.07) is 9.82. The number of aromatic nitrogens is 1. The number of rotatable bonds is 8. The van der Waals surface area contributed by atoms with Gasteiger partial charge in [-0.05, 0) is 31.3 Å². The quantitative estimate of drug-likeness (QED) is 0.311. The molecule has 0 saturated heterocycles. The molecule has 27 heavy (non-hydrogen) atoms. The Morgan fingerprint density at radius 3 is 2.59 bits per heavy atom. The van der Waals surface area contributed by atoms with Crippen LogP contribution in [0.3, 0.4) is 0 Å². The molecular weight excluding hydrogens is 350 g/mol. The van der Waals surface area contributed by atoms with Crippen LogP contribution in [-0.2, 0) is 9.59 Å². The summed E-state index contributed by atoms with van der Waals surface area (Å²) < 4.78 is 5.22. The normalized spacial score (nSPS) is 10.7. The number of likely N-dealkylation sites (N-methyl/N-ethyl adjacent to an activating group) is 1. The number of carbonyl (C=O) groups is 2. The Morgan fingerprint density at radius 2 is 1.89 bits per heavy atom. The highest BCUT2D eigenvalue weighted by Gasteiger charge is 2.09. The number of nitrogens with zero attached hydrogens (tertiary/aromatic N) is 3. The van der Waals surface area contributed by atoms with E-state index in [1.54, 1.807) is 43.4 Å². The summed E-state index contributed by atoms with van der Waals surface area (Å²) in [6.45, 7) is 0.352. The van der Waals surface area contributed by atoms with Crippen molar-refractivity contribution in [2.75, 3.05) is 31.2 Å². The lowest BCUT2D eigenvalue weighted by atomic mass is 10.3. The van der Waals surface area contributed by atoms with Gasteiger partial charge in [0.05, 0.1) is 13.0 Å². The standard InChI is InChI=1S/C17H21N7O3/c1-20-10-15(25)21-14-7-6-12(17(19)22-14)24-23-11-4-2-3-5-13(11)27-16(26)8-9-18/h2-7,20H,8-10,18H2,1H3,(H3,19,21,22,25). The third-order valence-corrected chi connectivity index (χ3v) is 3.21. The Bertz CT molecular complexity index is 839. The molecule has 1 amide bonds. The lowest BCUT2D eigenvalue weighted by Gasteiger charge is -2.07. The topological polar surface area (TPSA) is 157 Å². The number of hydrogen-bond acceptors (Lipinski definition) is 9. The summed E-state index contributed by atoms with van der Waals surface area (Å²) in [6.07, 6.45) is 0.100. The van der Waals surface area contributed by atoms with Crippen LogP contribution < -0.4 is 26.8 Å². The molecule has 10 nitrogen and oxygen atoms in total. The molecule has 1 aromatic heterocycles. The van der Waals surface area contributed by atoms with Gasteiger partial charge in [0.15, 0.2) is 11.6 Å². The summed E-state index contributed by atoms with van der Waals surface area (Å²) in [5, 5.41) is 13.4. The minimum atomic E-state index is -0.456. The van der Waals surface area contributed by atoms with Crippen molar-refractivity contribution in [3.8, 4) is 5.75 Å².